The van der Waals surface area contributed by atoms with E-state index in [1.54, 1.807) is 18.2 Å². The number of hydrogen-bond donors (Lipinski definition) is 1. The molecule has 8 heteroatoms. The number of benzene rings is 3. The van der Waals surface area contributed by atoms with Crippen molar-refractivity contribution in [2.24, 2.45) is 0 Å². The van der Waals surface area contributed by atoms with E-state index in [-0.39, 0.29) is 21.9 Å². The lowest BCUT2D eigenvalue weighted by Crippen LogP contribution is -2.15. The lowest BCUT2D eigenvalue weighted by molar-refractivity contribution is 0.0597. The number of methoxy groups -OCH3 is 2. The van der Waals surface area contributed by atoms with Crippen LogP contribution in [0, 0.1) is 0 Å². The topological polar surface area (TPSA) is 84.9 Å². The molecule has 0 saturated heterocycles. The molecule has 0 fully saturated rings. The molecule has 152 valence electrons. The van der Waals surface area contributed by atoms with E-state index in [4.69, 9.17) is 9.47 Å². The molecule has 3 rings (SSSR count). The molecule has 0 spiro atoms. The summed E-state index contributed by atoms with van der Waals surface area (Å²) in [6, 6.07) is 15.1. The average molecular weight is 414 g/mol. The summed E-state index contributed by atoms with van der Waals surface area (Å²) < 4.78 is 38.7. The molecular formula is C21H22N2O5S. The lowest BCUT2D eigenvalue weighted by Gasteiger charge is -2.17. The predicted octanol–water partition coefficient (Wildman–Crippen LogP) is 3.50. The van der Waals surface area contributed by atoms with E-state index >= 15 is 0 Å². The summed E-state index contributed by atoms with van der Waals surface area (Å²) in [5.41, 5.74) is 1.40. The van der Waals surface area contributed by atoms with E-state index in [9.17, 15) is 13.2 Å². The summed E-state index contributed by atoms with van der Waals surface area (Å²) in [5.74, 6) is -0.355. The molecule has 0 atom stereocenters. The van der Waals surface area contributed by atoms with Gasteiger partial charge in [-0.05, 0) is 24.3 Å². The first-order chi connectivity index (χ1) is 13.8. The summed E-state index contributed by atoms with van der Waals surface area (Å²) >= 11 is 0. The quantitative estimate of drug-likeness (QED) is 0.622. The van der Waals surface area contributed by atoms with Gasteiger partial charge < -0.3 is 14.4 Å². The van der Waals surface area contributed by atoms with Crippen molar-refractivity contribution in [2.75, 3.05) is 37.9 Å². The third kappa shape index (κ3) is 3.97. The van der Waals surface area contributed by atoms with Crippen molar-refractivity contribution < 1.29 is 22.7 Å². The van der Waals surface area contributed by atoms with Crippen LogP contribution in [0.2, 0.25) is 0 Å². The van der Waals surface area contributed by atoms with Gasteiger partial charge in [0.05, 0.1) is 24.8 Å². The molecule has 0 saturated carbocycles. The Morgan fingerprint density at radius 1 is 0.966 bits per heavy atom. The summed E-state index contributed by atoms with van der Waals surface area (Å²) in [6.45, 7) is 0. The van der Waals surface area contributed by atoms with E-state index in [1.165, 1.54) is 32.4 Å². The highest BCUT2D eigenvalue weighted by Gasteiger charge is 2.20. The zero-order chi connectivity index (χ0) is 21.2. The van der Waals surface area contributed by atoms with Crippen LogP contribution < -0.4 is 14.4 Å². The van der Waals surface area contributed by atoms with Crippen LogP contribution in [0.15, 0.2) is 59.5 Å². The van der Waals surface area contributed by atoms with Crippen molar-refractivity contribution >= 4 is 38.1 Å². The molecule has 0 bridgehead atoms. The first-order valence-corrected chi connectivity index (χ1v) is 10.2. The monoisotopic (exact) mass is 414 g/mol. The molecule has 0 aromatic heterocycles. The van der Waals surface area contributed by atoms with Crippen molar-refractivity contribution in [3.05, 3.63) is 60.2 Å². The summed E-state index contributed by atoms with van der Waals surface area (Å²) in [5, 5.41) is 1.45. The number of fused-ring (bicyclic) bond motifs is 1. The van der Waals surface area contributed by atoms with Crippen LogP contribution in [0.25, 0.3) is 10.8 Å². The van der Waals surface area contributed by atoms with Crippen LogP contribution in [-0.2, 0) is 14.8 Å². The molecular weight excluding hydrogens is 392 g/mol. The summed E-state index contributed by atoms with van der Waals surface area (Å²) in [6.07, 6.45) is 0. The second-order valence-electron chi connectivity index (χ2n) is 6.53. The molecule has 1 N–H and O–H groups in total. The number of carbonyl (C=O) groups excluding carboxylic acids is 1. The molecule has 0 radical (unpaired) electrons. The predicted molar refractivity (Wildman–Crippen MR) is 113 cm³/mol. The van der Waals surface area contributed by atoms with Gasteiger partial charge >= 0.3 is 5.97 Å². The molecule has 3 aromatic carbocycles. The van der Waals surface area contributed by atoms with E-state index in [0.29, 0.717) is 5.39 Å². The lowest BCUT2D eigenvalue weighted by atomic mass is 10.1. The van der Waals surface area contributed by atoms with Gasteiger partial charge in [-0.1, -0.05) is 24.3 Å². The van der Waals surface area contributed by atoms with Gasteiger partial charge in [0.25, 0.3) is 10.0 Å². The first-order valence-electron chi connectivity index (χ1n) is 8.76. The molecule has 0 aliphatic rings. The Kier molecular flexibility index (Phi) is 5.65. The number of carbonyl (C=O) groups is 1. The highest BCUT2D eigenvalue weighted by molar-refractivity contribution is 7.93. The Bertz CT molecular complexity index is 1170. The fourth-order valence-corrected chi connectivity index (χ4v) is 4.40. The van der Waals surface area contributed by atoms with Gasteiger partial charge in [-0.15, -0.1) is 0 Å². The van der Waals surface area contributed by atoms with Crippen molar-refractivity contribution in [3.63, 3.8) is 0 Å². The number of esters is 1. The molecule has 7 nitrogen and oxygen atoms in total. The van der Waals surface area contributed by atoms with Crippen molar-refractivity contribution in [1.82, 2.24) is 0 Å². The van der Waals surface area contributed by atoms with E-state index in [2.05, 4.69) is 4.72 Å². The van der Waals surface area contributed by atoms with Gasteiger partial charge in [-0.2, -0.15) is 0 Å². The third-order valence-electron chi connectivity index (χ3n) is 4.49. The van der Waals surface area contributed by atoms with Gasteiger partial charge in [-0.3, -0.25) is 4.72 Å². The minimum absolute atomic E-state index is 0.162. The fourth-order valence-electron chi connectivity index (χ4n) is 3.13. The molecule has 0 unspecified atom stereocenters. The van der Waals surface area contributed by atoms with Crippen molar-refractivity contribution in [2.45, 2.75) is 4.90 Å². The maximum Gasteiger partial charge on any atom is 0.341 e. The zero-order valence-electron chi connectivity index (χ0n) is 16.6. The number of nitrogens with zero attached hydrogens (tertiary/aromatic N) is 1. The maximum atomic E-state index is 13.1. The standard InChI is InChI=1S/C21H22N2O5S/c1-23(2)18-9-5-8-16-15(18)7-6-10-20(16)29(25,26)22-14-11-12-17(21(24)28-4)19(13-14)27-3/h5-13,22H,1-4H3. The number of rotatable bonds is 6. The van der Waals surface area contributed by atoms with E-state index in [0.717, 1.165) is 11.1 Å². The van der Waals surface area contributed by atoms with Crippen LogP contribution in [0.4, 0.5) is 11.4 Å². The van der Waals surface area contributed by atoms with E-state index < -0.39 is 16.0 Å². The summed E-state index contributed by atoms with van der Waals surface area (Å²) in [4.78, 5) is 13.9. The van der Waals surface area contributed by atoms with Gasteiger partial charge in [0.2, 0.25) is 0 Å². The highest BCUT2D eigenvalue weighted by atomic mass is 32.2. The van der Waals surface area contributed by atoms with Crippen LogP contribution in [0.5, 0.6) is 5.75 Å². The number of hydrogen-bond acceptors (Lipinski definition) is 6. The van der Waals surface area contributed by atoms with Gasteiger partial charge in [-0.25, -0.2) is 13.2 Å². The second-order valence-corrected chi connectivity index (χ2v) is 8.19. The molecule has 0 aliphatic heterocycles. The second kappa shape index (κ2) is 8.00. The van der Waals surface area contributed by atoms with Crippen LogP contribution in [0.1, 0.15) is 10.4 Å². The molecule has 0 heterocycles. The Morgan fingerprint density at radius 3 is 2.31 bits per heavy atom. The molecule has 3 aromatic rings. The van der Waals surface area contributed by atoms with Crippen LogP contribution in [0.3, 0.4) is 0 Å². The van der Waals surface area contributed by atoms with Gasteiger partial charge in [0.15, 0.2) is 0 Å². The smallest absolute Gasteiger partial charge is 0.341 e. The van der Waals surface area contributed by atoms with Crippen molar-refractivity contribution in [1.29, 1.82) is 0 Å². The Morgan fingerprint density at radius 2 is 1.66 bits per heavy atom. The third-order valence-corrected chi connectivity index (χ3v) is 5.93. The fraction of sp³-hybridized carbons (Fsp3) is 0.190. The number of ether oxygens (including phenoxy) is 2. The normalized spacial score (nSPS) is 11.2. The van der Waals surface area contributed by atoms with Gasteiger partial charge in [0, 0.05) is 36.6 Å². The number of nitrogens with one attached hydrogen (secondary N) is 1. The van der Waals surface area contributed by atoms with Crippen LogP contribution in [-0.4, -0.2) is 42.7 Å². The first kappa shape index (κ1) is 20.5. The molecule has 0 amide bonds. The Labute approximate surface area is 169 Å². The Balaban J connectivity index is 2.05. The highest BCUT2D eigenvalue weighted by Crippen LogP contribution is 2.32. The van der Waals surface area contributed by atoms with Crippen molar-refractivity contribution in [3.8, 4) is 5.75 Å². The number of sulfonamides is 1. The molecule has 0 aliphatic carbocycles. The Hall–Kier alpha value is -3.26. The van der Waals surface area contributed by atoms with E-state index in [1.807, 2.05) is 37.2 Å². The SMILES string of the molecule is COC(=O)c1ccc(NS(=O)(=O)c2cccc3c(N(C)C)cccc23)cc1OC. The largest absolute Gasteiger partial charge is 0.496 e. The average Bonchev–Trinajstić information content (AvgIpc) is 2.71. The molecule has 29 heavy (non-hydrogen) atoms. The zero-order valence-corrected chi connectivity index (χ0v) is 17.4. The summed E-state index contributed by atoms with van der Waals surface area (Å²) in [7, 11) is 2.59. The van der Waals surface area contributed by atoms with Gasteiger partial charge in [0.1, 0.15) is 11.3 Å². The minimum Gasteiger partial charge on any atom is -0.496 e. The maximum absolute atomic E-state index is 13.1. The minimum atomic E-state index is -3.89. The number of anilines is 2. The van der Waals surface area contributed by atoms with Crippen LogP contribution >= 0.6 is 0 Å².